The number of sulfonamides is 1. The Hall–Kier alpha value is -1.93. The summed E-state index contributed by atoms with van der Waals surface area (Å²) in [4.78, 5) is 3.91. The van der Waals surface area contributed by atoms with Gasteiger partial charge in [-0.05, 0) is 25.5 Å². The second-order valence-electron chi connectivity index (χ2n) is 4.15. The molecule has 0 atom stereocenters. The van der Waals surface area contributed by atoms with Gasteiger partial charge in [-0.2, -0.15) is 13.5 Å². The van der Waals surface area contributed by atoms with E-state index in [1.54, 1.807) is 19.2 Å². The number of pyridine rings is 1. The van der Waals surface area contributed by atoms with Gasteiger partial charge >= 0.3 is 0 Å². The van der Waals surface area contributed by atoms with Gasteiger partial charge in [-0.3, -0.25) is 14.8 Å². The number of nitrogens with one attached hydrogen (secondary N) is 2. The highest BCUT2D eigenvalue weighted by Gasteiger charge is 2.23. The van der Waals surface area contributed by atoms with Crippen molar-refractivity contribution in [3.8, 4) is 0 Å². The molecule has 7 nitrogen and oxygen atoms in total. The third-order valence-electron chi connectivity index (χ3n) is 2.58. The zero-order valence-electron chi connectivity index (χ0n) is 10.5. The first-order valence-electron chi connectivity index (χ1n) is 5.53. The monoisotopic (exact) mass is 282 g/mol. The van der Waals surface area contributed by atoms with Crippen LogP contribution in [0.25, 0.3) is 0 Å². The number of H-pyrrole nitrogens is 1. The van der Waals surface area contributed by atoms with Gasteiger partial charge in [-0.25, -0.2) is 0 Å². The number of nitrogens with zero attached hydrogens (tertiary/aromatic N) is 2. The van der Waals surface area contributed by atoms with E-state index < -0.39 is 16.6 Å². The lowest BCUT2D eigenvalue weighted by atomic mass is 10.3. The molecule has 0 aliphatic heterocycles. The number of aryl methyl sites for hydroxylation is 2. The standard InChI is InChI=1S/C11H14N4O3S/c1-7-3-9(5-12-4-7)15-19(17,18)11-10(6-16)8(2)13-14-11/h3-5,15-16H,6H2,1-2H3,(H,13,14). The molecule has 8 heteroatoms. The molecule has 3 N–H and O–H groups in total. The topological polar surface area (TPSA) is 108 Å². The third-order valence-corrected chi connectivity index (χ3v) is 3.93. The van der Waals surface area contributed by atoms with Crippen LogP contribution in [0.1, 0.15) is 16.8 Å². The van der Waals surface area contributed by atoms with Crippen molar-refractivity contribution in [3.05, 3.63) is 35.3 Å². The number of hydrogen-bond acceptors (Lipinski definition) is 5. The minimum atomic E-state index is -3.84. The van der Waals surface area contributed by atoms with Crippen molar-refractivity contribution in [2.75, 3.05) is 4.72 Å². The summed E-state index contributed by atoms with van der Waals surface area (Å²) in [6.45, 7) is 3.05. The van der Waals surface area contributed by atoms with Gasteiger partial charge in [0.15, 0.2) is 0 Å². The molecule has 0 spiro atoms. The van der Waals surface area contributed by atoms with Crippen LogP contribution in [0.5, 0.6) is 0 Å². The summed E-state index contributed by atoms with van der Waals surface area (Å²) in [5.74, 6) is 0. The van der Waals surface area contributed by atoms with Crippen molar-refractivity contribution in [1.29, 1.82) is 0 Å². The van der Waals surface area contributed by atoms with Crippen LogP contribution in [0, 0.1) is 13.8 Å². The molecule has 0 aromatic carbocycles. The van der Waals surface area contributed by atoms with E-state index in [1.807, 2.05) is 6.92 Å². The normalized spacial score (nSPS) is 11.5. The second kappa shape index (κ2) is 4.98. The first-order valence-corrected chi connectivity index (χ1v) is 7.01. The Balaban J connectivity index is 2.38. The SMILES string of the molecule is Cc1cncc(NS(=O)(=O)c2n[nH]c(C)c2CO)c1. The van der Waals surface area contributed by atoms with E-state index in [-0.39, 0.29) is 10.6 Å². The molecule has 0 saturated heterocycles. The first-order chi connectivity index (χ1) is 8.94. The van der Waals surface area contributed by atoms with Gasteiger partial charge in [0.2, 0.25) is 5.03 Å². The van der Waals surface area contributed by atoms with Crippen LogP contribution in [-0.2, 0) is 16.6 Å². The molecule has 2 aromatic heterocycles. The number of rotatable bonds is 4. The molecule has 2 aromatic rings. The predicted octanol–water partition coefficient (Wildman–Crippen LogP) is 0.715. The summed E-state index contributed by atoms with van der Waals surface area (Å²) < 4.78 is 26.7. The van der Waals surface area contributed by atoms with Gasteiger partial charge in [0, 0.05) is 17.5 Å². The summed E-state index contributed by atoms with van der Waals surface area (Å²) in [6, 6.07) is 1.66. The predicted molar refractivity (Wildman–Crippen MR) is 69.0 cm³/mol. The van der Waals surface area contributed by atoms with E-state index >= 15 is 0 Å². The Labute approximate surface area is 110 Å². The summed E-state index contributed by atoms with van der Waals surface area (Å²) in [5.41, 5.74) is 1.96. The van der Waals surface area contributed by atoms with E-state index in [0.29, 0.717) is 11.4 Å². The fourth-order valence-electron chi connectivity index (χ4n) is 1.65. The summed E-state index contributed by atoms with van der Waals surface area (Å²) in [7, 11) is -3.84. The molecule has 0 bridgehead atoms. The van der Waals surface area contributed by atoms with Crippen LogP contribution in [0.3, 0.4) is 0 Å². The number of aromatic amines is 1. The molecule has 0 saturated carbocycles. The fraction of sp³-hybridized carbons (Fsp3) is 0.273. The van der Waals surface area contributed by atoms with Crippen LogP contribution in [0.2, 0.25) is 0 Å². The Morgan fingerprint density at radius 2 is 2.11 bits per heavy atom. The lowest BCUT2D eigenvalue weighted by Crippen LogP contribution is -2.15. The first kappa shape index (κ1) is 13.5. The van der Waals surface area contributed by atoms with E-state index in [1.165, 1.54) is 6.20 Å². The third kappa shape index (κ3) is 2.74. The molecule has 19 heavy (non-hydrogen) atoms. The van der Waals surface area contributed by atoms with Crippen molar-refractivity contribution in [2.45, 2.75) is 25.5 Å². The minimum Gasteiger partial charge on any atom is -0.392 e. The van der Waals surface area contributed by atoms with Gasteiger partial charge in [-0.1, -0.05) is 0 Å². The van der Waals surface area contributed by atoms with Crippen LogP contribution in [0.4, 0.5) is 5.69 Å². The van der Waals surface area contributed by atoms with Gasteiger partial charge in [0.25, 0.3) is 10.0 Å². The van der Waals surface area contributed by atoms with E-state index in [2.05, 4.69) is 19.9 Å². The van der Waals surface area contributed by atoms with E-state index in [4.69, 9.17) is 0 Å². The maximum Gasteiger partial charge on any atom is 0.281 e. The number of aliphatic hydroxyl groups is 1. The summed E-state index contributed by atoms with van der Waals surface area (Å²) in [6.07, 6.45) is 3.03. The molecule has 102 valence electrons. The Morgan fingerprint density at radius 3 is 2.74 bits per heavy atom. The number of aliphatic hydroxyl groups excluding tert-OH is 1. The highest BCUT2D eigenvalue weighted by molar-refractivity contribution is 7.92. The molecule has 0 amide bonds. The molecular weight excluding hydrogens is 268 g/mol. The highest BCUT2D eigenvalue weighted by Crippen LogP contribution is 2.19. The van der Waals surface area contributed by atoms with Gasteiger partial charge in [0.05, 0.1) is 18.5 Å². The smallest absolute Gasteiger partial charge is 0.281 e. The molecular formula is C11H14N4O3S. The lowest BCUT2D eigenvalue weighted by Gasteiger charge is -2.07. The van der Waals surface area contributed by atoms with Crippen molar-refractivity contribution < 1.29 is 13.5 Å². The van der Waals surface area contributed by atoms with Gasteiger partial charge < -0.3 is 5.11 Å². The van der Waals surface area contributed by atoms with Gasteiger partial charge in [0.1, 0.15) is 0 Å². The molecule has 0 fully saturated rings. The number of aromatic nitrogens is 3. The molecule has 0 aliphatic rings. The second-order valence-corrected chi connectivity index (χ2v) is 5.74. The molecule has 0 aliphatic carbocycles. The van der Waals surface area contributed by atoms with Crippen molar-refractivity contribution in [3.63, 3.8) is 0 Å². The zero-order chi connectivity index (χ0) is 14.0. The largest absolute Gasteiger partial charge is 0.392 e. The average molecular weight is 282 g/mol. The summed E-state index contributed by atoms with van der Waals surface area (Å²) in [5, 5.41) is 15.3. The summed E-state index contributed by atoms with van der Waals surface area (Å²) >= 11 is 0. The molecule has 0 unspecified atom stereocenters. The molecule has 2 heterocycles. The van der Waals surface area contributed by atoms with Crippen LogP contribution in [0.15, 0.2) is 23.5 Å². The van der Waals surface area contributed by atoms with Crippen molar-refractivity contribution in [2.24, 2.45) is 0 Å². The van der Waals surface area contributed by atoms with Gasteiger partial charge in [-0.15, -0.1) is 0 Å². The van der Waals surface area contributed by atoms with E-state index in [0.717, 1.165) is 5.56 Å². The fourth-order valence-corrected chi connectivity index (χ4v) is 2.88. The van der Waals surface area contributed by atoms with E-state index in [9.17, 15) is 13.5 Å². The quantitative estimate of drug-likeness (QED) is 0.765. The van der Waals surface area contributed by atoms with Crippen molar-refractivity contribution in [1.82, 2.24) is 15.2 Å². The number of hydrogen-bond donors (Lipinski definition) is 3. The van der Waals surface area contributed by atoms with Crippen LogP contribution < -0.4 is 4.72 Å². The molecule has 2 rings (SSSR count). The minimum absolute atomic E-state index is 0.200. The lowest BCUT2D eigenvalue weighted by molar-refractivity contribution is 0.277. The molecule has 0 radical (unpaired) electrons. The zero-order valence-corrected chi connectivity index (χ0v) is 11.3. The maximum atomic E-state index is 12.2. The van der Waals surface area contributed by atoms with Crippen LogP contribution in [-0.4, -0.2) is 28.7 Å². The Morgan fingerprint density at radius 1 is 1.37 bits per heavy atom. The Bertz CT molecular complexity index is 694. The Kier molecular flexibility index (Phi) is 3.54. The number of anilines is 1. The highest BCUT2D eigenvalue weighted by atomic mass is 32.2. The average Bonchev–Trinajstić information content (AvgIpc) is 2.70. The van der Waals surface area contributed by atoms with Crippen LogP contribution >= 0.6 is 0 Å². The van der Waals surface area contributed by atoms with Crippen molar-refractivity contribution >= 4 is 15.7 Å². The maximum absolute atomic E-state index is 12.2.